The third-order valence-electron chi connectivity index (χ3n) is 2.93. The van der Waals surface area contributed by atoms with E-state index in [1.807, 2.05) is 0 Å². The van der Waals surface area contributed by atoms with E-state index in [9.17, 15) is 13.6 Å². The second-order valence-corrected chi connectivity index (χ2v) is 4.55. The Morgan fingerprint density at radius 1 is 1.09 bits per heavy atom. The van der Waals surface area contributed by atoms with E-state index in [1.165, 1.54) is 6.92 Å². The van der Waals surface area contributed by atoms with Crippen molar-refractivity contribution in [2.45, 2.75) is 13.0 Å². The van der Waals surface area contributed by atoms with E-state index in [0.717, 1.165) is 12.1 Å². The summed E-state index contributed by atoms with van der Waals surface area (Å²) in [6.07, 6.45) is -0.849. The van der Waals surface area contributed by atoms with E-state index in [1.54, 1.807) is 31.4 Å². The minimum Gasteiger partial charge on any atom is -0.497 e. The van der Waals surface area contributed by atoms with E-state index in [2.05, 4.69) is 5.32 Å². The fraction of sp³-hybridized carbons (Fsp3) is 0.188. The van der Waals surface area contributed by atoms with Gasteiger partial charge in [-0.25, -0.2) is 8.78 Å². The molecule has 0 aromatic heterocycles. The zero-order valence-electron chi connectivity index (χ0n) is 12.1. The molecule has 1 amide bonds. The SMILES string of the molecule is COc1ccc(O[C@@H](C)C(=O)Nc2ccc(F)cc2F)cc1. The molecule has 6 heteroatoms. The summed E-state index contributed by atoms with van der Waals surface area (Å²) in [5, 5.41) is 2.35. The van der Waals surface area contributed by atoms with Gasteiger partial charge in [-0.05, 0) is 43.3 Å². The molecule has 0 fully saturated rings. The Labute approximate surface area is 126 Å². The van der Waals surface area contributed by atoms with Gasteiger partial charge in [-0.3, -0.25) is 4.79 Å². The first-order valence-electron chi connectivity index (χ1n) is 6.56. The predicted octanol–water partition coefficient (Wildman–Crippen LogP) is 3.38. The van der Waals surface area contributed by atoms with E-state index >= 15 is 0 Å². The predicted molar refractivity (Wildman–Crippen MR) is 78.1 cm³/mol. The molecule has 2 rings (SSSR count). The van der Waals surface area contributed by atoms with Crippen LogP contribution in [0.5, 0.6) is 11.5 Å². The second-order valence-electron chi connectivity index (χ2n) is 4.55. The molecule has 0 aliphatic carbocycles. The van der Waals surface area contributed by atoms with Gasteiger partial charge in [-0.1, -0.05) is 0 Å². The van der Waals surface area contributed by atoms with Crippen LogP contribution in [-0.2, 0) is 4.79 Å². The molecule has 0 spiro atoms. The van der Waals surface area contributed by atoms with Gasteiger partial charge in [-0.15, -0.1) is 0 Å². The fourth-order valence-electron chi connectivity index (χ4n) is 1.74. The zero-order chi connectivity index (χ0) is 16.1. The maximum Gasteiger partial charge on any atom is 0.265 e. The summed E-state index contributed by atoms with van der Waals surface area (Å²) in [6, 6.07) is 9.61. The minimum atomic E-state index is -0.849. The number of halogens is 2. The van der Waals surface area contributed by atoms with Crippen LogP contribution in [0.4, 0.5) is 14.5 Å². The monoisotopic (exact) mass is 307 g/mol. The van der Waals surface area contributed by atoms with Crippen molar-refractivity contribution in [1.82, 2.24) is 0 Å². The lowest BCUT2D eigenvalue weighted by Gasteiger charge is -2.15. The van der Waals surface area contributed by atoms with Crippen molar-refractivity contribution in [1.29, 1.82) is 0 Å². The van der Waals surface area contributed by atoms with Gasteiger partial charge in [0, 0.05) is 6.07 Å². The zero-order valence-corrected chi connectivity index (χ0v) is 12.1. The highest BCUT2D eigenvalue weighted by Gasteiger charge is 2.16. The largest absolute Gasteiger partial charge is 0.497 e. The summed E-state index contributed by atoms with van der Waals surface area (Å²) in [5.41, 5.74) is -0.100. The van der Waals surface area contributed by atoms with Crippen LogP contribution in [0, 0.1) is 11.6 Å². The molecule has 0 radical (unpaired) electrons. The number of anilines is 1. The maximum absolute atomic E-state index is 13.5. The molecule has 0 unspecified atom stereocenters. The van der Waals surface area contributed by atoms with Crippen molar-refractivity contribution in [2.75, 3.05) is 12.4 Å². The smallest absolute Gasteiger partial charge is 0.265 e. The first-order valence-corrected chi connectivity index (χ1v) is 6.56. The molecule has 0 saturated carbocycles. The highest BCUT2D eigenvalue weighted by atomic mass is 19.1. The average Bonchev–Trinajstić information content (AvgIpc) is 2.50. The molecule has 4 nitrogen and oxygen atoms in total. The fourth-order valence-corrected chi connectivity index (χ4v) is 1.74. The maximum atomic E-state index is 13.5. The van der Waals surface area contributed by atoms with Gasteiger partial charge in [-0.2, -0.15) is 0 Å². The molecule has 2 aromatic carbocycles. The highest BCUT2D eigenvalue weighted by molar-refractivity contribution is 5.94. The number of hydrogen-bond donors (Lipinski definition) is 1. The summed E-state index contributed by atoms with van der Waals surface area (Å²) in [6.45, 7) is 1.53. The number of methoxy groups -OCH3 is 1. The van der Waals surface area contributed by atoms with Gasteiger partial charge in [0.1, 0.15) is 23.1 Å². The van der Waals surface area contributed by atoms with Crippen molar-refractivity contribution < 1.29 is 23.0 Å². The number of amides is 1. The van der Waals surface area contributed by atoms with Crippen molar-refractivity contribution in [3.8, 4) is 11.5 Å². The number of benzene rings is 2. The van der Waals surface area contributed by atoms with Crippen molar-refractivity contribution in [3.63, 3.8) is 0 Å². The molecule has 22 heavy (non-hydrogen) atoms. The molecule has 0 aliphatic heterocycles. The normalized spacial score (nSPS) is 11.6. The molecule has 1 N–H and O–H groups in total. The van der Waals surface area contributed by atoms with Crippen LogP contribution in [0.3, 0.4) is 0 Å². The molecule has 0 heterocycles. The molecule has 1 atom stereocenters. The Bertz CT molecular complexity index is 659. The van der Waals surface area contributed by atoms with Gasteiger partial charge in [0.05, 0.1) is 12.8 Å². The highest BCUT2D eigenvalue weighted by Crippen LogP contribution is 2.19. The second kappa shape index (κ2) is 6.89. The number of rotatable bonds is 5. The summed E-state index contributed by atoms with van der Waals surface area (Å²) in [5.74, 6) is -0.954. The minimum absolute atomic E-state index is 0.100. The summed E-state index contributed by atoms with van der Waals surface area (Å²) >= 11 is 0. The molecule has 0 aliphatic rings. The van der Waals surface area contributed by atoms with Gasteiger partial charge >= 0.3 is 0 Å². The molecule has 2 aromatic rings. The topological polar surface area (TPSA) is 47.6 Å². The lowest BCUT2D eigenvalue weighted by Crippen LogP contribution is -2.30. The Kier molecular flexibility index (Phi) is 4.93. The Balaban J connectivity index is 1.99. The molecular formula is C16H15F2NO3. The third kappa shape index (κ3) is 3.94. The van der Waals surface area contributed by atoms with Gasteiger partial charge < -0.3 is 14.8 Å². The van der Waals surface area contributed by atoms with E-state index < -0.39 is 23.6 Å². The molecule has 116 valence electrons. The molecule has 0 saturated heterocycles. The van der Waals surface area contributed by atoms with Crippen LogP contribution >= 0.6 is 0 Å². The Hall–Kier alpha value is -2.63. The van der Waals surface area contributed by atoms with Crippen molar-refractivity contribution >= 4 is 11.6 Å². The number of ether oxygens (including phenoxy) is 2. The van der Waals surface area contributed by atoms with Crippen molar-refractivity contribution in [3.05, 3.63) is 54.1 Å². The molecular weight excluding hydrogens is 292 g/mol. The molecule has 0 bridgehead atoms. The Morgan fingerprint density at radius 3 is 2.32 bits per heavy atom. The Morgan fingerprint density at radius 2 is 1.73 bits per heavy atom. The van der Waals surface area contributed by atoms with Gasteiger partial charge in [0.15, 0.2) is 6.10 Å². The lowest BCUT2D eigenvalue weighted by molar-refractivity contribution is -0.122. The number of carbonyl (C=O) groups is 1. The van der Waals surface area contributed by atoms with E-state index in [0.29, 0.717) is 17.6 Å². The number of carbonyl (C=O) groups excluding carboxylic acids is 1. The first kappa shape index (κ1) is 15.8. The standard InChI is InChI=1S/C16H15F2NO3/c1-10(22-13-6-4-12(21-2)5-7-13)16(20)19-15-8-3-11(17)9-14(15)18/h3-10H,1-2H3,(H,19,20)/t10-/m0/s1. The van der Waals surface area contributed by atoms with Crippen LogP contribution in [-0.4, -0.2) is 19.1 Å². The quantitative estimate of drug-likeness (QED) is 0.921. The van der Waals surface area contributed by atoms with Crippen molar-refractivity contribution in [2.24, 2.45) is 0 Å². The van der Waals surface area contributed by atoms with Gasteiger partial charge in [0.25, 0.3) is 5.91 Å². The van der Waals surface area contributed by atoms with E-state index in [4.69, 9.17) is 9.47 Å². The summed E-state index contributed by atoms with van der Waals surface area (Å²) < 4.78 is 36.7. The van der Waals surface area contributed by atoms with Crippen LogP contribution in [0.2, 0.25) is 0 Å². The first-order chi connectivity index (χ1) is 10.5. The number of nitrogens with one attached hydrogen (secondary N) is 1. The lowest BCUT2D eigenvalue weighted by atomic mass is 10.2. The number of hydrogen-bond acceptors (Lipinski definition) is 3. The summed E-state index contributed by atoms with van der Waals surface area (Å²) in [7, 11) is 1.54. The summed E-state index contributed by atoms with van der Waals surface area (Å²) in [4.78, 5) is 12.0. The third-order valence-corrected chi connectivity index (χ3v) is 2.93. The van der Waals surface area contributed by atoms with Crippen LogP contribution in [0.25, 0.3) is 0 Å². The van der Waals surface area contributed by atoms with Crippen LogP contribution in [0.1, 0.15) is 6.92 Å². The van der Waals surface area contributed by atoms with Crippen LogP contribution in [0.15, 0.2) is 42.5 Å². The van der Waals surface area contributed by atoms with E-state index in [-0.39, 0.29) is 5.69 Å². The van der Waals surface area contributed by atoms with Crippen LogP contribution < -0.4 is 14.8 Å². The van der Waals surface area contributed by atoms with Gasteiger partial charge in [0.2, 0.25) is 0 Å². The average molecular weight is 307 g/mol.